The first-order valence-corrected chi connectivity index (χ1v) is 11.6. The second kappa shape index (κ2) is 8.07. The summed E-state index contributed by atoms with van der Waals surface area (Å²) in [6, 6.07) is 3.89. The summed E-state index contributed by atoms with van der Waals surface area (Å²) < 4.78 is 43.2. The fraction of sp³-hybridized carbons (Fsp3) is 0.550. The Bertz CT molecular complexity index is 1060. The van der Waals surface area contributed by atoms with E-state index in [0.717, 1.165) is 24.5 Å². The maximum Gasteiger partial charge on any atom is 0.243 e. The summed E-state index contributed by atoms with van der Waals surface area (Å²) >= 11 is 0. The Kier molecular flexibility index (Phi) is 5.63. The monoisotopic (exact) mass is 435 g/mol. The van der Waals surface area contributed by atoms with E-state index in [1.807, 2.05) is 9.47 Å². The van der Waals surface area contributed by atoms with E-state index in [0.29, 0.717) is 44.7 Å². The van der Waals surface area contributed by atoms with Crippen molar-refractivity contribution in [2.45, 2.75) is 50.5 Å². The van der Waals surface area contributed by atoms with Crippen LogP contribution in [-0.4, -0.2) is 64.5 Å². The molecule has 0 aliphatic carbocycles. The zero-order chi connectivity index (χ0) is 21.5. The number of piperidine rings is 1. The lowest BCUT2D eigenvalue weighted by Gasteiger charge is -2.31. The molecule has 0 radical (unpaired) electrons. The second-order valence-corrected chi connectivity index (χ2v) is 9.91. The zero-order valence-corrected chi connectivity index (χ0v) is 18.0. The minimum Gasteiger partial charge on any atom is -0.343 e. The Morgan fingerprint density at radius 1 is 1.10 bits per heavy atom. The number of benzene rings is 1. The van der Waals surface area contributed by atoms with Crippen molar-refractivity contribution in [3.63, 3.8) is 0 Å². The van der Waals surface area contributed by atoms with Gasteiger partial charge in [-0.15, -0.1) is 10.2 Å². The lowest BCUT2D eigenvalue weighted by Crippen LogP contribution is -2.37. The molecule has 1 amide bonds. The third-order valence-electron chi connectivity index (χ3n) is 6.09. The summed E-state index contributed by atoms with van der Waals surface area (Å²) in [5.41, 5.74) is 0.308. The van der Waals surface area contributed by atoms with Crippen molar-refractivity contribution < 1.29 is 17.6 Å². The van der Waals surface area contributed by atoms with Crippen LogP contribution in [-0.2, 0) is 27.8 Å². The number of nitrogens with zero attached hydrogens (tertiary/aromatic N) is 5. The maximum absolute atomic E-state index is 13.6. The second-order valence-electron chi connectivity index (χ2n) is 7.97. The van der Waals surface area contributed by atoms with Crippen LogP contribution >= 0.6 is 0 Å². The van der Waals surface area contributed by atoms with E-state index in [9.17, 15) is 17.6 Å². The lowest BCUT2D eigenvalue weighted by molar-refractivity contribution is -0.129. The van der Waals surface area contributed by atoms with Crippen molar-refractivity contribution in [2.75, 3.05) is 26.2 Å². The third-order valence-corrected chi connectivity index (χ3v) is 7.98. The Hall–Kier alpha value is -2.33. The number of hydrogen-bond donors (Lipinski definition) is 0. The number of amides is 1. The van der Waals surface area contributed by atoms with Crippen LogP contribution in [0.15, 0.2) is 23.1 Å². The van der Waals surface area contributed by atoms with E-state index in [1.165, 1.54) is 22.5 Å². The predicted octanol–water partition coefficient (Wildman–Crippen LogP) is 1.70. The quantitative estimate of drug-likeness (QED) is 0.732. The first kappa shape index (κ1) is 20.9. The summed E-state index contributed by atoms with van der Waals surface area (Å²) in [5.74, 6) is 1.55. The Morgan fingerprint density at radius 3 is 2.50 bits per heavy atom. The zero-order valence-electron chi connectivity index (χ0n) is 17.2. The molecular weight excluding hydrogens is 409 g/mol. The van der Waals surface area contributed by atoms with Gasteiger partial charge in [0.25, 0.3) is 0 Å². The SMILES string of the molecule is CC(=O)N1CCC(c2nnc3n2CCN(S(=O)(=O)c2ccc(F)c(C)c2)CC3)CC1. The van der Waals surface area contributed by atoms with Gasteiger partial charge in [0.2, 0.25) is 15.9 Å². The highest BCUT2D eigenvalue weighted by Crippen LogP contribution is 2.29. The van der Waals surface area contributed by atoms with Gasteiger partial charge < -0.3 is 9.47 Å². The summed E-state index contributed by atoms with van der Waals surface area (Å²) in [6.07, 6.45) is 2.13. The van der Waals surface area contributed by atoms with Gasteiger partial charge in [0, 0.05) is 52.0 Å². The molecule has 1 aromatic carbocycles. The van der Waals surface area contributed by atoms with Crippen molar-refractivity contribution in [2.24, 2.45) is 0 Å². The first-order valence-electron chi connectivity index (χ1n) is 10.2. The largest absolute Gasteiger partial charge is 0.343 e. The van der Waals surface area contributed by atoms with Crippen LogP contribution in [0, 0.1) is 12.7 Å². The molecule has 2 aliphatic rings. The van der Waals surface area contributed by atoms with Crippen molar-refractivity contribution in [1.82, 2.24) is 24.0 Å². The maximum atomic E-state index is 13.6. The van der Waals surface area contributed by atoms with Gasteiger partial charge in [-0.05, 0) is 43.5 Å². The molecule has 0 atom stereocenters. The Morgan fingerprint density at radius 2 is 1.83 bits per heavy atom. The van der Waals surface area contributed by atoms with Gasteiger partial charge >= 0.3 is 0 Å². The Balaban J connectivity index is 1.50. The molecular formula is C20H26FN5O3S. The Labute approximate surface area is 175 Å². The van der Waals surface area contributed by atoms with E-state index >= 15 is 0 Å². The van der Waals surface area contributed by atoms with E-state index in [1.54, 1.807) is 13.8 Å². The van der Waals surface area contributed by atoms with Gasteiger partial charge in [-0.1, -0.05) is 0 Å². The highest BCUT2D eigenvalue weighted by atomic mass is 32.2. The molecule has 1 aromatic heterocycles. The van der Waals surface area contributed by atoms with E-state index in [-0.39, 0.29) is 16.7 Å². The fourth-order valence-corrected chi connectivity index (χ4v) is 5.76. The van der Waals surface area contributed by atoms with Crippen LogP contribution < -0.4 is 0 Å². The van der Waals surface area contributed by atoms with Crippen molar-refractivity contribution in [1.29, 1.82) is 0 Å². The number of likely N-dealkylation sites (tertiary alicyclic amines) is 1. The number of aryl methyl sites for hydroxylation is 1. The summed E-state index contributed by atoms with van der Waals surface area (Å²) in [6.45, 7) is 5.63. The summed E-state index contributed by atoms with van der Waals surface area (Å²) in [4.78, 5) is 13.5. The average molecular weight is 436 g/mol. The molecule has 0 bridgehead atoms. The van der Waals surface area contributed by atoms with Crippen LogP contribution in [0.5, 0.6) is 0 Å². The van der Waals surface area contributed by atoms with Gasteiger partial charge in [-0.3, -0.25) is 4.79 Å². The minimum atomic E-state index is -3.71. The number of carbonyl (C=O) groups is 1. The number of aromatic nitrogens is 3. The minimum absolute atomic E-state index is 0.0883. The van der Waals surface area contributed by atoms with Crippen molar-refractivity contribution in [3.8, 4) is 0 Å². The average Bonchev–Trinajstić information content (AvgIpc) is 3.00. The first-order chi connectivity index (χ1) is 14.3. The highest BCUT2D eigenvalue weighted by molar-refractivity contribution is 7.89. The third kappa shape index (κ3) is 3.85. The summed E-state index contributed by atoms with van der Waals surface area (Å²) in [7, 11) is -3.71. The topological polar surface area (TPSA) is 88.4 Å². The normalized spacial score (nSPS) is 18.8. The molecule has 2 aromatic rings. The number of halogens is 1. The molecule has 8 nitrogen and oxygen atoms in total. The smallest absolute Gasteiger partial charge is 0.243 e. The molecule has 0 saturated carbocycles. The van der Waals surface area contributed by atoms with E-state index in [4.69, 9.17) is 0 Å². The van der Waals surface area contributed by atoms with Gasteiger partial charge in [-0.25, -0.2) is 12.8 Å². The van der Waals surface area contributed by atoms with E-state index < -0.39 is 15.8 Å². The molecule has 1 fully saturated rings. The molecule has 30 heavy (non-hydrogen) atoms. The van der Waals surface area contributed by atoms with Crippen molar-refractivity contribution in [3.05, 3.63) is 41.2 Å². The van der Waals surface area contributed by atoms with Gasteiger partial charge in [0.05, 0.1) is 4.90 Å². The number of fused-ring (bicyclic) bond motifs is 1. The van der Waals surface area contributed by atoms with Gasteiger partial charge in [0.15, 0.2) is 0 Å². The molecule has 10 heteroatoms. The molecule has 1 saturated heterocycles. The number of hydrogen-bond acceptors (Lipinski definition) is 5. The van der Waals surface area contributed by atoms with Crippen LogP contribution in [0.25, 0.3) is 0 Å². The van der Waals surface area contributed by atoms with Crippen LogP contribution in [0.3, 0.4) is 0 Å². The highest BCUT2D eigenvalue weighted by Gasteiger charge is 2.31. The molecule has 0 unspecified atom stereocenters. The molecule has 162 valence electrons. The molecule has 3 heterocycles. The molecule has 2 aliphatic heterocycles. The standard InChI is InChI=1S/C20H26FN5O3S/c1-14-13-17(3-4-18(14)21)30(28,29)25-10-7-19-22-23-20(26(19)12-11-25)16-5-8-24(9-6-16)15(2)27/h3-4,13,16H,5-12H2,1-2H3. The van der Waals surface area contributed by atoms with Crippen LogP contribution in [0.4, 0.5) is 4.39 Å². The molecule has 4 rings (SSSR count). The number of rotatable bonds is 3. The molecule has 0 N–H and O–H groups in total. The van der Waals surface area contributed by atoms with Crippen LogP contribution in [0.2, 0.25) is 0 Å². The van der Waals surface area contributed by atoms with Gasteiger partial charge in [0.1, 0.15) is 17.5 Å². The van der Waals surface area contributed by atoms with E-state index in [2.05, 4.69) is 10.2 Å². The fourth-order valence-electron chi connectivity index (χ4n) is 4.25. The van der Waals surface area contributed by atoms with Crippen molar-refractivity contribution >= 4 is 15.9 Å². The number of carbonyl (C=O) groups excluding carboxylic acids is 1. The predicted molar refractivity (Wildman–Crippen MR) is 108 cm³/mol. The number of sulfonamides is 1. The van der Waals surface area contributed by atoms with Gasteiger partial charge in [-0.2, -0.15) is 4.31 Å². The lowest BCUT2D eigenvalue weighted by atomic mass is 9.96. The summed E-state index contributed by atoms with van der Waals surface area (Å²) in [5, 5.41) is 8.72. The molecule has 0 spiro atoms. The van der Waals surface area contributed by atoms with Crippen LogP contribution in [0.1, 0.15) is 42.9 Å².